The molecule has 0 aliphatic heterocycles. The summed E-state index contributed by atoms with van der Waals surface area (Å²) >= 11 is 0. The standard InChI is InChI=1S/C17H26O3.Na/c1-2-3-4-5-6-7-8-9-11-14-12-10-13-15(16(14)18)17(19)20;/h10,12-13,18H,2-9,11H2,1H3,(H,19,20);/q;+1/p-1. The SMILES string of the molecule is CCCCCCCCCCc1cccc(C(=O)O)c1[O-].[Na+]. The summed E-state index contributed by atoms with van der Waals surface area (Å²) in [5.74, 6) is -1.45. The van der Waals surface area contributed by atoms with Crippen LogP contribution in [0.2, 0.25) is 0 Å². The van der Waals surface area contributed by atoms with E-state index >= 15 is 0 Å². The molecule has 0 bridgehead atoms. The van der Waals surface area contributed by atoms with Crippen LogP contribution in [-0.4, -0.2) is 11.1 Å². The topological polar surface area (TPSA) is 60.4 Å². The number of hydrogen-bond donors (Lipinski definition) is 1. The van der Waals surface area contributed by atoms with Crippen molar-refractivity contribution in [1.82, 2.24) is 0 Å². The van der Waals surface area contributed by atoms with E-state index in [1.165, 1.54) is 44.6 Å². The van der Waals surface area contributed by atoms with Crippen LogP contribution < -0.4 is 34.7 Å². The summed E-state index contributed by atoms with van der Waals surface area (Å²) in [6, 6.07) is 4.78. The number of unbranched alkanes of at least 4 members (excludes halogenated alkanes) is 7. The molecule has 0 saturated heterocycles. The van der Waals surface area contributed by atoms with E-state index in [4.69, 9.17) is 5.11 Å². The summed E-state index contributed by atoms with van der Waals surface area (Å²) in [6.45, 7) is 2.21. The number of aromatic carboxylic acids is 1. The van der Waals surface area contributed by atoms with Gasteiger partial charge in [0, 0.05) is 0 Å². The Balaban J connectivity index is 0.00000400. The molecule has 1 aromatic carbocycles. The first-order valence-electron chi connectivity index (χ1n) is 7.69. The number of hydrogen-bond acceptors (Lipinski definition) is 2. The molecule has 0 aliphatic carbocycles. The summed E-state index contributed by atoms with van der Waals surface area (Å²) in [4.78, 5) is 10.9. The average molecular weight is 300 g/mol. The smallest absolute Gasteiger partial charge is 0.872 e. The van der Waals surface area contributed by atoms with Crippen LogP contribution in [0, 0.1) is 0 Å². The monoisotopic (exact) mass is 300 g/mol. The zero-order valence-corrected chi connectivity index (χ0v) is 15.4. The Kier molecular flexibility index (Phi) is 11.8. The fourth-order valence-electron chi connectivity index (χ4n) is 2.40. The van der Waals surface area contributed by atoms with E-state index in [9.17, 15) is 9.90 Å². The third-order valence-electron chi connectivity index (χ3n) is 3.63. The van der Waals surface area contributed by atoms with Crippen LogP contribution in [0.3, 0.4) is 0 Å². The normalized spacial score (nSPS) is 10.1. The maximum atomic E-state index is 11.9. The molecule has 1 N–H and O–H groups in total. The molecule has 0 spiro atoms. The largest absolute Gasteiger partial charge is 1.00 e. The Labute approximate surface area is 150 Å². The molecule has 0 radical (unpaired) electrons. The summed E-state index contributed by atoms with van der Waals surface area (Å²) < 4.78 is 0. The number of rotatable bonds is 10. The van der Waals surface area contributed by atoms with Crippen molar-refractivity contribution in [2.75, 3.05) is 0 Å². The van der Waals surface area contributed by atoms with Gasteiger partial charge in [-0.2, -0.15) is 0 Å². The van der Waals surface area contributed by atoms with E-state index in [1.54, 1.807) is 12.1 Å². The van der Waals surface area contributed by atoms with Gasteiger partial charge >= 0.3 is 35.5 Å². The van der Waals surface area contributed by atoms with Crippen molar-refractivity contribution in [3.8, 4) is 5.75 Å². The van der Waals surface area contributed by atoms with Gasteiger partial charge in [-0.25, -0.2) is 4.79 Å². The molecular weight excluding hydrogens is 275 g/mol. The van der Waals surface area contributed by atoms with Gasteiger partial charge in [0.25, 0.3) is 0 Å². The maximum Gasteiger partial charge on any atom is 1.00 e. The van der Waals surface area contributed by atoms with Crippen molar-refractivity contribution in [3.63, 3.8) is 0 Å². The van der Waals surface area contributed by atoms with Gasteiger partial charge in [-0.1, -0.05) is 75.3 Å². The molecule has 1 aromatic rings. The molecule has 0 aliphatic rings. The van der Waals surface area contributed by atoms with Crippen molar-refractivity contribution in [2.24, 2.45) is 0 Å². The first-order valence-corrected chi connectivity index (χ1v) is 7.69. The Morgan fingerprint density at radius 1 is 1.05 bits per heavy atom. The molecule has 1 rings (SSSR count). The zero-order valence-electron chi connectivity index (χ0n) is 13.4. The summed E-state index contributed by atoms with van der Waals surface area (Å²) in [7, 11) is 0. The van der Waals surface area contributed by atoms with Gasteiger partial charge in [-0.3, -0.25) is 0 Å². The van der Waals surface area contributed by atoms with Crippen molar-refractivity contribution in [1.29, 1.82) is 0 Å². The zero-order chi connectivity index (χ0) is 14.8. The van der Waals surface area contributed by atoms with Crippen LogP contribution >= 0.6 is 0 Å². The van der Waals surface area contributed by atoms with Crippen LogP contribution in [0.4, 0.5) is 0 Å². The molecule has 21 heavy (non-hydrogen) atoms. The Hall–Kier alpha value is -0.510. The number of carbonyl (C=O) groups is 1. The molecule has 0 atom stereocenters. The van der Waals surface area contributed by atoms with Crippen molar-refractivity contribution in [2.45, 2.75) is 64.7 Å². The molecular formula is C17H25NaO3. The van der Waals surface area contributed by atoms with Crippen LogP contribution in [0.5, 0.6) is 5.75 Å². The van der Waals surface area contributed by atoms with Crippen LogP contribution in [0.15, 0.2) is 18.2 Å². The van der Waals surface area contributed by atoms with Crippen molar-refractivity contribution in [3.05, 3.63) is 29.3 Å². The summed E-state index contributed by atoms with van der Waals surface area (Å²) in [5.41, 5.74) is 0.526. The van der Waals surface area contributed by atoms with E-state index in [1.807, 2.05) is 0 Å². The van der Waals surface area contributed by atoms with E-state index < -0.39 is 5.97 Å². The molecule has 0 fully saturated rings. The molecule has 0 aromatic heterocycles. The third kappa shape index (κ3) is 7.89. The second kappa shape index (κ2) is 12.1. The first kappa shape index (κ1) is 20.5. The minimum Gasteiger partial charge on any atom is -0.872 e. The fraction of sp³-hybridized carbons (Fsp3) is 0.588. The van der Waals surface area contributed by atoms with Gasteiger partial charge in [0.15, 0.2) is 0 Å². The Bertz CT molecular complexity index is 418. The quantitative estimate of drug-likeness (QED) is 0.521. The summed E-state index contributed by atoms with van der Waals surface area (Å²) in [6.07, 6.45) is 10.4. The van der Waals surface area contributed by atoms with Crippen LogP contribution in [0.25, 0.3) is 0 Å². The maximum absolute atomic E-state index is 11.9. The van der Waals surface area contributed by atoms with Crippen LogP contribution in [0.1, 0.15) is 74.2 Å². The van der Waals surface area contributed by atoms with Crippen LogP contribution in [-0.2, 0) is 6.42 Å². The number of carboxylic acids is 1. The second-order valence-corrected chi connectivity index (χ2v) is 5.32. The number of carboxylic acid groups (broad SMARTS) is 1. The van der Waals surface area contributed by atoms with Gasteiger partial charge in [0.05, 0.1) is 5.56 Å². The second-order valence-electron chi connectivity index (χ2n) is 5.32. The van der Waals surface area contributed by atoms with Crippen molar-refractivity contribution >= 4 is 5.97 Å². The molecule has 0 amide bonds. The van der Waals surface area contributed by atoms with Gasteiger partial charge in [0.1, 0.15) is 0 Å². The van der Waals surface area contributed by atoms with Crippen molar-refractivity contribution < 1.29 is 44.6 Å². The van der Waals surface area contributed by atoms with Gasteiger partial charge in [-0.15, -0.1) is 0 Å². The van der Waals surface area contributed by atoms with Gasteiger partial charge in [-0.05, 0) is 18.9 Å². The fourth-order valence-corrected chi connectivity index (χ4v) is 2.40. The summed E-state index contributed by atoms with van der Waals surface area (Å²) in [5, 5.41) is 20.8. The minimum atomic E-state index is -1.13. The molecule has 3 nitrogen and oxygen atoms in total. The van der Waals surface area contributed by atoms with E-state index in [-0.39, 0.29) is 40.9 Å². The van der Waals surface area contributed by atoms with Gasteiger partial charge < -0.3 is 10.2 Å². The Morgan fingerprint density at radius 2 is 1.62 bits per heavy atom. The molecule has 0 unspecified atom stereocenters. The average Bonchev–Trinajstić information content (AvgIpc) is 2.43. The van der Waals surface area contributed by atoms with E-state index in [2.05, 4.69) is 6.92 Å². The molecule has 4 heteroatoms. The number of para-hydroxylation sites is 1. The van der Waals surface area contributed by atoms with Gasteiger partial charge in [0.2, 0.25) is 0 Å². The third-order valence-corrected chi connectivity index (χ3v) is 3.63. The molecule has 0 heterocycles. The molecule has 112 valence electrons. The number of aryl methyl sites for hydroxylation is 1. The predicted molar refractivity (Wildman–Crippen MR) is 79.2 cm³/mol. The Morgan fingerprint density at radius 3 is 2.19 bits per heavy atom. The first-order chi connectivity index (χ1) is 9.66. The van der Waals surface area contributed by atoms with E-state index in [0.29, 0.717) is 12.0 Å². The van der Waals surface area contributed by atoms with E-state index in [0.717, 1.165) is 12.8 Å². The number of benzene rings is 1. The minimum absolute atomic E-state index is 0. The molecule has 0 saturated carbocycles. The predicted octanol–water partition coefficient (Wildman–Crippen LogP) is 1.15.